The van der Waals surface area contributed by atoms with E-state index in [1.165, 1.54) is 0 Å². The topological polar surface area (TPSA) is 77.1 Å². The van der Waals surface area contributed by atoms with Gasteiger partial charge in [0.25, 0.3) is 5.56 Å². The summed E-state index contributed by atoms with van der Waals surface area (Å²) >= 11 is 3.54. The Labute approximate surface area is 191 Å². The number of benzene rings is 3. The van der Waals surface area contributed by atoms with Crippen LogP contribution in [0.2, 0.25) is 0 Å². The zero-order valence-corrected chi connectivity index (χ0v) is 19.3. The summed E-state index contributed by atoms with van der Waals surface area (Å²) in [4.78, 5) is 30.0. The van der Waals surface area contributed by atoms with Crippen LogP contribution in [0, 0.1) is 6.92 Å². The minimum absolute atomic E-state index is 0.104. The van der Waals surface area contributed by atoms with E-state index in [2.05, 4.69) is 26.0 Å². The van der Waals surface area contributed by atoms with Gasteiger partial charge >= 0.3 is 5.69 Å². The summed E-state index contributed by atoms with van der Waals surface area (Å²) in [6, 6.07) is 17.5. The second kappa shape index (κ2) is 7.49. The minimum atomic E-state index is -0.174. The molecule has 1 N–H and O–H groups in total. The van der Waals surface area contributed by atoms with Gasteiger partial charge in [-0.2, -0.15) is 0 Å². The van der Waals surface area contributed by atoms with E-state index in [0.29, 0.717) is 11.3 Å². The first-order valence-electron chi connectivity index (χ1n) is 10.1. The fourth-order valence-corrected chi connectivity index (χ4v) is 4.46. The maximum Gasteiger partial charge on any atom is 0.328 e. The zero-order valence-electron chi connectivity index (χ0n) is 17.8. The Bertz CT molecular complexity index is 1660. The molecule has 32 heavy (non-hydrogen) atoms. The van der Waals surface area contributed by atoms with Crippen molar-refractivity contribution in [2.24, 2.45) is 19.1 Å². The fraction of sp³-hybridized carbons (Fsp3) is 0.125. The van der Waals surface area contributed by atoms with E-state index >= 15 is 0 Å². The van der Waals surface area contributed by atoms with Crippen molar-refractivity contribution in [3.8, 4) is 5.69 Å². The summed E-state index contributed by atoms with van der Waals surface area (Å²) in [5.74, 6) is 0. The molecule has 0 atom stereocenters. The highest BCUT2D eigenvalue weighted by atomic mass is 79.9. The van der Waals surface area contributed by atoms with Crippen molar-refractivity contribution in [1.29, 1.82) is 0 Å². The molecule has 5 aromatic rings. The van der Waals surface area contributed by atoms with Gasteiger partial charge in [-0.05, 0) is 46.4 Å². The Balaban J connectivity index is 1.61. The van der Waals surface area contributed by atoms with Crippen LogP contribution in [0.3, 0.4) is 0 Å². The third-order valence-corrected chi connectivity index (χ3v) is 6.43. The number of aromatic nitrogens is 4. The van der Waals surface area contributed by atoms with Crippen LogP contribution in [0.5, 0.6) is 0 Å². The molecule has 0 amide bonds. The van der Waals surface area contributed by atoms with Crippen LogP contribution in [0.25, 0.3) is 27.5 Å². The normalized spacial score (nSPS) is 11.9. The highest BCUT2D eigenvalue weighted by Crippen LogP contribution is 2.30. The van der Waals surface area contributed by atoms with Crippen molar-refractivity contribution >= 4 is 49.6 Å². The van der Waals surface area contributed by atoms with Gasteiger partial charge in [0.1, 0.15) is 0 Å². The quantitative estimate of drug-likeness (QED) is 0.383. The lowest BCUT2D eigenvalue weighted by molar-refractivity contribution is 0.795. The van der Waals surface area contributed by atoms with Gasteiger partial charge in [-0.15, -0.1) is 0 Å². The van der Waals surface area contributed by atoms with Crippen molar-refractivity contribution in [3.63, 3.8) is 0 Å². The van der Waals surface area contributed by atoms with Crippen LogP contribution < -0.4 is 11.2 Å². The maximum absolute atomic E-state index is 13.2. The zero-order chi connectivity index (χ0) is 22.6. The van der Waals surface area contributed by atoms with Crippen LogP contribution in [-0.2, 0) is 14.1 Å². The Hall–Kier alpha value is -3.65. The number of hydrogen-bond acceptors (Lipinski definition) is 3. The summed E-state index contributed by atoms with van der Waals surface area (Å²) in [6.45, 7) is 1.85. The molecule has 0 fully saturated rings. The first-order valence-corrected chi connectivity index (χ1v) is 10.8. The average molecular weight is 490 g/mol. The van der Waals surface area contributed by atoms with E-state index in [-0.39, 0.29) is 11.2 Å². The molecule has 160 valence electrons. The molecular formula is C24H20BrN5O2. The van der Waals surface area contributed by atoms with Gasteiger partial charge in [0.15, 0.2) is 0 Å². The summed E-state index contributed by atoms with van der Waals surface area (Å²) in [7, 11) is 3.46. The van der Waals surface area contributed by atoms with Crippen molar-refractivity contribution in [2.75, 3.05) is 0 Å². The first kappa shape index (κ1) is 20.3. The smallest absolute Gasteiger partial charge is 0.295 e. The lowest BCUT2D eigenvalue weighted by Gasteiger charge is -2.06. The molecular weight excluding hydrogens is 470 g/mol. The van der Waals surface area contributed by atoms with Gasteiger partial charge in [0.2, 0.25) is 0 Å². The van der Waals surface area contributed by atoms with Gasteiger partial charge in [0.05, 0.1) is 28.0 Å². The predicted molar refractivity (Wildman–Crippen MR) is 132 cm³/mol. The van der Waals surface area contributed by atoms with Gasteiger partial charge < -0.3 is 0 Å². The van der Waals surface area contributed by atoms with E-state index in [1.54, 1.807) is 34.1 Å². The highest BCUT2D eigenvalue weighted by molar-refractivity contribution is 9.10. The van der Waals surface area contributed by atoms with Gasteiger partial charge in [-0.1, -0.05) is 36.4 Å². The monoisotopic (exact) mass is 489 g/mol. The van der Waals surface area contributed by atoms with Crippen LogP contribution in [-0.4, -0.2) is 25.1 Å². The number of aromatic amines is 1. The Morgan fingerprint density at radius 2 is 1.66 bits per heavy atom. The fourth-order valence-electron chi connectivity index (χ4n) is 4.03. The number of halogens is 1. The molecule has 2 heterocycles. The van der Waals surface area contributed by atoms with E-state index in [9.17, 15) is 9.59 Å². The molecule has 0 unspecified atom stereocenters. The second-order valence-electron chi connectivity index (χ2n) is 7.74. The second-order valence-corrected chi connectivity index (χ2v) is 8.59. The number of hydrogen-bond donors (Lipinski definition) is 1. The number of rotatable bonds is 3. The highest BCUT2D eigenvalue weighted by Gasteiger charge is 2.14. The summed E-state index contributed by atoms with van der Waals surface area (Å²) in [6.07, 6.45) is 1.57. The van der Waals surface area contributed by atoms with Crippen LogP contribution in [0.15, 0.2) is 73.7 Å². The van der Waals surface area contributed by atoms with E-state index in [0.717, 1.165) is 37.7 Å². The lowest BCUT2D eigenvalue weighted by atomic mass is 10.1. The number of aryl methyl sites for hydroxylation is 3. The summed E-state index contributed by atoms with van der Waals surface area (Å²) in [5, 5.41) is 5.22. The van der Waals surface area contributed by atoms with Crippen molar-refractivity contribution in [1.82, 2.24) is 18.9 Å². The number of nitrogens with one attached hydrogen (secondary N) is 1. The Morgan fingerprint density at radius 1 is 0.969 bits per heavy atom. The Morgan fingerprint density at radius 3 is 2.44 bits per heavy atom. The van der Waals surface area contributed by atoms with E-state index in [4.69, 9.17) is 0 Å². The van der Waals surface area contributed by atoms with Crippen LogP contribution in [0.1, 0.15) is 11.3 Å². The predicted octanol–water partition coefficient (Wildman–Crippen LogP) is 4.33. The van der Waals surface area contributed by atoms with Crippen molar-refractivity contribution < 1.29 is 0 Å². The Kier molecular flexibility index (Phi) is 4.74. The molecule has 3 aromatic carbocycles. The molecule has 0 bridgehead atoms. The molecule has 5 rings (SSSR count). The lowest BCUT2D eigenvalue weighted by Crippen LogP contribution is -2.19. The van der Waals surface area contributed by atoms with Crippen LogP contribution >= 0.6 is 15.9 Å². The molecule has 0 aliphatic carbocycles. The van der Waals surface area contributed by atoms with E-state index in [1.807, 2.05) is 61.5 Å². The molecule has 0 aliphatic rings. The largest absolute Gasteiger partial charge is 0.328 e. The third-order valence-electron chi connectivity index (χ3n) is 5.80. The SMILES string of the molecule is Cc1[nH]n(-c2cccc3ccccc23)c(=O)c1C=Nc1cc2c(cc1Br)n(C)c(=O)n2C. The molecule has 8 heteroatoms. The summed E-state index contributed by atoms with van der Waals surface area (Å²) < 4.78 is 5.46. The van der Waals surface area contributed by atoms with E-state index < -0.39 is 0 Å². The number of H-pyrrole nitrogens is 1. The number of imidazole rings is 1. The van der Waals surface area contributed by atoms with Gasteiger partial charge in [-0.25, -0.2) is 9.48 Å². The number of nitrogens with zero attached hydrogens (tertiary/aromatic N) is 4. The van der Waals surface area contributed by atoms with Gasteiger partial charge in [-0.3, -0.25) is 24.0 Å². The molecule has 0 spiro atoms. The minimum Gasteiger partial charge on any atom is -0.295 e. The van der Waals surface area contributed by atoms with Crippen molar-refractivity contribution in [2.45, 2.75) is 6.92 Å². The number of aliphatic imine (C=N–C) groups is 1. The summed E-state index contributed by atoms with van der Waals surface area (Å²) in [5.41, 5.74) is 3.92. The number of fused-ring (bicyclic) bond motifs is 2. The molecule has 7 nitrogen and oxygen atoms in total. The van der Waals surface area contributed by atoms with Gasteiger partial charge in [0, 0.05) is 35.9 Å². The molecule has 2 aromatic heterocycles. The molecule has 0 saturated carbocycles. The standard InChI is InChI=1S/C24H20BrN5O2/c1-14-17(13-26-19-12-22-21(11-18(19)25)28(2)24(32)29(22)3)23(31)30(27-14)20-10-6-8-15-7-4-5-9-16(15)20/h4-13,27H,1-3H3. The maximum atomic E-state index is 13.2. The molecule has 0 radical (unpaired) electrons. The third kappa shape index (κ3) is 3.06. The molecule has 0 aliphatic heterocycles. The van der Waals surface area contributed by atoms with Crippen molar-refractivity contribution in [3.05, 3.63) is 91.2 Å². The van der Waals surface area contributed by atoms with Crippen LogP contribution in [0.4, 0.5) is 5.69 Å². The first-order chi connectivity index (χ1) is 15.4. The average Bonchev–Trinajstić information content (AvgIpc) is 3.19. The molecule has 0 saturated heterocycles.